The predicted molar refractivity (Wildman–Crippen MR) is 130 cm³/mol. The maximum atomic E-state index is 13.1. The molecule has 1 aliphatic rings. The van der Waals surface area contributed by atoms with Crippen LogP contribution in [0.2, 0.25) is 0 Å². The number of carbonyl (C=O) groups is 1. The first-order valence-corrected chi connectivity index (χ1v) is 12.1. The molecule has 36 heavy (non-hydrogen) atoms. The van der Waals surface area contributed by atoms with Crippen molar-refractivity contribution in [2.45, 2.75) is 39.0 Å². The standard InChI is InChI=1S/C22H31N5O8S/c1-22(2,3)23-12-16(14-33-20-19(24-36-25-20)26-7-9-32-10-8-26)35-21(28)17-11-15(13-34-27(29)30)5-6-18(17)31-4/h5-6,11,16,23H,7-10,12-14H2,1-4H3/t16-/m0/s1. The molecule has 1 fully saturated rings. The largest absolute Gasteiger partial charge is 0.496 e. The number of rotatable bonds is 12. The molecule has 0 unspecified atom stereocenters. The molecule has 1 atom stereocenters. The van der Waals surface area contributed by atoms with E-state index < -0.39 is 17.2 Å². The zero-order valence-corrected chi connectivity index (χ0v) is 21.5. The third-order valence-electron chi connectivity index (χ3n) is 5.11. The number of hydrogen-bond donors (Lipinski definition) is 1. The Hall–Kier alpha value is -3.23. The molecule has 0 amide bonds. The molecule has 1 saturated heterocycles. The van der Waals surface area contributed by atoms with Crippen molar-refractivity contribution in [1.29, 1.82) is 0 Å². The first-order chi connectivity index (χ1) is 17.2. The monoisotopic (exact) mass is 525 g/mol. The van der Waals surface area contributed by atoms with Gasteiger partial charge in [0.2, 0.25) is 5.82 Å². The minimum atomic E-state index is -0.897. The van der Waals surface area contributed by atoms with Gasteiger partial charge >= 0.3 is 5.97 Å². The highest BCUT2D eigenvalue weighted by Crippen LogP contribution is 2.27. The summed E-state index contributed by atoms with van der Waals surface area (Å²) >= 11 is 1.05. The van der Waals surface area contributed by atoms with Gasteiger partial charge < -0.3 is 34.0 Å². The molecule has 0 spiro atoms. The highest BCUT2D eigenvalue weighted by Gasteiger charge is 2.25. The number of carbonyl (C=O) groups excluding carboxylic acids is 1. The summed E-state index contributed by atoms with van der Waals surface area (Å²) in [5, 5.41) is 13.0. The molecule has 1 aliphatic heterocycles. The Labute approximate surface area is 213 Å². The molecule has 14 heteroatoms. The van der Waals surface area contributed by atoms with E-state index in [9.17, 15) is 14.9 Å². The van der Waals surface area contributed by atoms with Crippen molar-refractivity contribution in [2.24, 2.45) is 0 Å². The first-order valence-electron chi connectivity index (χ1n) is 11.3. The van der Waals surface area contributed by atoms with Crippen LogP contribution in [0, 0.1) is 10.1 Å². The second kappa shape index (κ2) is 12.6. The van der Waals surface area contributed by atoms with Crippen molar-refractivity contribution in [3.05, 3.63) is 39.4 Å². The molecule has 1 aromatic carbocycles. The highest BCUT2D eigenvalue weighted by molar-refractivity contribution is 6.99. The second-order valence-electron chi connectivity index (χ2n) is 8.99. The number of morpholine rings is 1. The lowest BCUT2D eigenvalue weighted by Gasteiger charge is -2.27. The van der Waals surface area contributed by atoms with Crippen LogP contribution in [0.4, 0.5) is 5.82 Å². The molecule has 2 heterocycles. The van der Waals surface area contributed by atoms with E-state index in [0.717, 1.165) is 11.7 Å². The van der Waals surface area contributed by atoms with Crippen LogP contribution >= 0.6 is 11.7 Å². The number of anilines is 1. The summed E-state index contributed by atoms with van der Waals surface area (Å²) in [5.74, 6) is 0.614. The Morgan fingerprint density at radius 2 is 2.06 bits per heavy atom. The van der Waals surface area contributed by atoms with Gasteiger partial charge in [-0.25, -0.2) is 4.79 Å². The van der Waals surface area contributed by atoms with Gasteiger partial charge in [-0.2, -0.15) is 4.37 Å². The fourth-order valence-corrected chi connectivity index (χ4v) is 3.83. The fraction of sp³-hybridized carbons (Fsp3) is 0.591. The van der Waals surface area contributed by atoms with Crippen LogP contribution in [0.25, 0.3) is 0 Å². The Morgan fingerprint density at radius 3 is 2.72 bits per heavy atom. The predicted octanol–water partition coefficient (Wildman–Crippen LogP) is 2.08. The lowest BCUT2D eigenvalue weighted by molar-refractivity contribution is -0.763. The van der Waals surface area contributed by atoms with Gasteiger partial charge in [-0.3, -0.25) is 0 Å². The Kier molecular flexibility index (Phi) is 9.61. The number of esters is 1. The molecule has 13 nitrogen and oxygen atoms in total. The average Bonchev–Trinajstić information content (AvgIpc) is 3.32. The third kappa shape index (κ3) is 8.17. The van der Waals surface area contributed by atoms with Crippen LogP contribution in [0.3, 0.4) is 0 Å². The quantitative estimate of drug-likeness (QED) is 0.246. The summed E-state index contributed by atoms with van der Waals surface area (Å²) in [4.78, 5) is 30.1. The Morgan fingerprint density at radius 1 is 1.31 bits per heavy atom. The molecular weight excluding hydrogens is 494 g/mol. The summed E-state index contributed by atoms with van der Waals surface area (Å²) in [6, 6.07) is 4.55. The molecule has 0 saturated carbocycles. The molecule has 0 aliphatic carbocycles. The Bertz CT molecular complexity index is 1020. The maximum absolute atomic E-state index is 13.1. The van der Waals surface area contributed by atoms with E-state index in [1.54, 1.807) is 6.07 Å². The van der Waals surface area contributed by atoms with E-state index in [2.05, 4.69) is 18.9 Å². The molecule has 0 bridgehead atoms. The van der Waals surface area contributed by atoms with Gasteiger partial charge in [0.05, 0.1) is 32.1 Å². The van der Waals surface area contributed by atoms with Gasteiger partial charge in [0.1, 0.15) is 30.6 Å². The van der Waals surface area contributed by atoms with Crippen molar-refractivity contribution >= 4 is 23.5 Å². The van der Waals surface area contributed by atoms with E-state index in [1.807, 2.05) is 25.7 Å². The minimum absolute atomic E-state index is 0.0318. The third-order valence-corrected chi connectivity index (χ3v) is 5.62. The molecule has 3 rings (SSSR count). The van der Waals surface area contributed by atoms with Crippen molar-refractivity contribution in [2.75, 3.05) is 51.5 Å². The number of benzene rings is 1. The van der Waals surface area contributed by atoms with E-state index in [-0.39, 0.29) is 30.1 Å². The van der Waals surface area contributed by atoms with E-state index in [0.29, 0.717) is 50.1 Å². The second-order valence-corrected chi connectivity index (χ2v) is 9.52. The lowest BCUT2D eigenvalue weighted by Crippen LogP contribution is -2.44. The summed E-state index contributed by atoms with van der Waals surface area (Å²) in [6.45, 7) is 8.58. The molecular formula is C22H31N5O8S. The van der Waals surface area contributed by atoms with Gasteiger partial charge in [-0.05, 0) is 38.5 Å². The van der Waals surface area contributed by atoms with Crippen LogP contribution in [0.15, 0.2) is 18.2 Å². The molecule has 198 valence electrons. The van der Waals surface area contributed by atoms with Gasteiger partial charge in [0, 0.05) is 25.2 Å². The number of nitrogens with one attached hydrogen (secondary N) is 1. The molecule has 0 radical (unpaired) electrons. The van der Waals surface area contributed by atoms with Gasteiger partial charge in [-0.1, -0.05) is 6.07 Å². The van der Waals surface area contributed by atoms with Gasteiger partial charge in [0.15, 0.2) is 0 Å². The number of hydrogen-bond acceptors (Lipinski definition) is 13. The first kappa shape index (κ1) is 27.4. The lowest BCUT2D eigenvalue weighted by atomic mass is 10.1. The summed E-state index contributed by atoms with van der Waals surface area (Å²) in [6.07, 6.45) is -0.681. The summed E-state index contributed by atoms with van der Waals surface area (Å²) in [5.41, 5.74) is 0.305. The SMILES string of the molecule is COc1ccc(CO[N+](=O)[O-])cc1C(=O)O[C@@H](CNC(C)(C)C)COc1nsnc1N1CCOCC1. The number of nitrogens with zero attached hydrogens (tertiary/aromatic N) is 4. The van der Waals surface area contributed by atoms with E-state index in [1.165, 1.54) is 19.2 Å². The number of aromatic nitrogens is 2. The fourth-order valence-electron chi connectivity index (χ4n) is 3.31. The van der Waals surface area contributed by atoms with Crippen LogP contribution in [-0.4, -0.2) is 78.0 Å². The smallest absolute Gasteiger partial charge is 0.342 e. The average molecular weight is 526 g/mol. The van der Waals surface area contributed by atoms with Crippen LogP contribution in [-0.2, 0) is 20.9 Å². The molecule has 2 aromatic rings. The topological polar surface area (TPSA) is 147 Å². The summed E-state index contributed by atoms with van der Waals surface area (Å²) < 4.78 is 31.0. The van der Waals surface area contributed by atoms with Crippen LogP contribution < -0.4 is 19.7 Å². The zero-order chi connectivity index (χ0) is 26.1. The zero-order valence-electron chi connectivity index (χ0n) is 20.7. The van der Waals surface area contributed by atoms with Crippen molar-refractivity contribution in [1.82, 2.24) is 14.1 Å². The van der Waals surface area contributed by atoms with Crippen molar-refractivity contribution in [3.63, 3.8) is 0 Å². The molecule has 1 aromatic heterocycles. The van der Waals surface area contributed by atoms with Gasteiger partial charge in [0.25, 0.3) is 11.0 Å². The molecule has 1 N–H and O–H groups in total. The van der Waals surface area contributed by atoms with Gasteiger partial charge in [-0.15, -0.1) is 14.5 Å². The normalized spacial score (nSPS) is 14.7. The minimum Gasteiger partial charge on any atom is -0.496 e. The number of methoxy groups -OCH3 is 1. The van der Waals surface area contributed by atoms with Crippen molar-refractivity contribution in [3.8, 4) is 11.6 Å². The van der Waals surface area contributed by atoms with Crippen LogP contribution in [0.5, 0.6) is 11.6 Å². The Balaban J connectivity index is 1.72. The van der Waals surface area contributed by atoms with E-state index >= 15 is 0 Å². The highest BCUT2D eigenvalue weighted by atomic mass is 32.1. The van der Waals surface area contributed by atoms with Crippen LogP contribution in [0.1, 0.15) is 36.7 Å². The van der Waals surface area contributed by atoms with Crippen molar-refractivity contribution < 1.29 is 33.7 Å². The number of ether oxygens (including phenoxy) is 4. The van der Waals surface area contributed by atoms with E-state index in [4.69, 9.17) is 18.9 Å². The maximum Gasteiger partial charge on any atom is 0.342 e. The summed E-state index contributed by atoms with van der Waals surface area (Å²) in [7, 11) is 1.42.